The molecule has 0 bridgehead atoms. The first kappa shape index (κ1) is 15.5. The highest BCUT2D eigenvalue weighted by molar-refractivity contribution is 5.98. The van der Waals surface area contributed by atoms with E-state index >= 15 is 0 Å². The molecule has 0 aliphatic rings. The molecule has 23 heavy (non-hydrogen) atoms. The Labute approximate surface area is 136 Å². The van der Waals surface area contributed by atoms with Crippen molar-refractivity contribution in [3.8, 4) is 0 Å². The lowest BCUT2D eigenvalue weighted by Crippen LogP contribution is -2.12. The summed E-state index contributed by atoms with van der Waals surface area (Å²) in [5.41, 5.74) is 4.12. The Morgan fingerprint density at radius 2 is 1.91 bits per heavy atom. The summed E-state index contributed by atoms with van der Waals surface area (Å²) >= 11 is 0. The van der Waals surface area contributed by atoms with Crippen molar-refractivity contribution >= 4 is 16.7 Å². The molecule has 0 amide bonds. The average Bonchev–Trinajstić information content (AvgIpc) is 2.87. The highest BCUT2D eigenvalue weighted by atomic mass is 16.1. The fraction of sp³-hybridized carbons (Fsp3) is 0.300. The second kappa shape index (κ2) is 5.65. The first-order chi connectivity index (χ1) is 10.8. The van der Waals surface area contributed by atoms with E-state index in [1.54, 1.807) is 0 Å². The Balaban J connectivity index is 1.85. The number of benzene rings is 2. The molecule has 2 aromatic carbocycles. The van der Waals surface area contributed by atoms with Gasteiger partial charge in [0.2, 0.25) is 0 Å². The van der Waals surface area contributed by atoms with Gasteiger partial charge in [0, 0.05) is 24.4 Å². The van der Waals surface area contributed by atoms with Crippen LogP contribution in [0.4, 0.5) is 0 Å². The highest BCUT2D eigenvalue weighted by Crippen LogP contribution is 2.23. The minimum absolute atomic E-state index is 0.0465. The number of carbonyl (C=O) groups excluding carboxylic acids is 1. The molecule has 0 unspecified atom stereocenters. The van der Waals surface area contributed by atoms with Crippen molar-refractivity contribution in [2.45, 2.75) is 32.6 Å². The van der Waals surface area contributed by atoms with Crippen molar-refractivity contribution in [1.29, 1.82) is 0 Å². The summed E-state index contributed by atoms with van der Waals surface area (Å²) in [6.07, 6.45) is 2.25. The summed E-state index contributed by atoms with van der Waals surface area (Å²) in [4.78, 5) is 12.6. The van der Waals surface area contributed by atoms with Gasteiger partial charge in [0.05, 0.1) is 11.7 Å². The molecule has 1 aromatic heterocycles. The second-order valence-electron chi connectivity index (χ2n) is 7.09. The van der Waals surface area contributed by atoms with Crippen LogP contribution in [0.25, 0.3) is 10.9 Å². The van der Waals surface area contributed by atoms with Crippen LogP contribution >= 0.6 is 0 Å². The van der Waals surface area contributed by atoms with Gasteiger partial charge in [-0.25, -0.2) is 0 Å². The van der Waals surface area contributed by atoms with E-state index in [1.165, 1.54) is 5.56 Å². The van der Waals surface area contributed by atoms with Gasteiger partial charge in [0.25, 0.3) is 0 Å². The molecule has 0 aliphatic carbocycles. The van der Waals surface area contributed by atoms with Crippen LogP contribution < -0.4 is 0 Å². The van der Waals surface area contributed by atoms with E-state index in [4.69, 9.17) is 0 Å². The molecule has 0 saturated carbocycles. The number of fused-ring (bicyclic) bond motifs is 1. The van der Waals surface area contributed by atoms with Crippen LogP contribution in [0.5, 0.6) is 0 Å². The molecule has 0 spiro atoms. The lowest BCUT2D eigenvalue weighted by molar-refractivity contribution is 0.0993. The lowest BCUT2D eigenvalue weighted by Gasteiger charge is -2.19. The maximum atomic E-state index is 12.6. The second-order valence-corrected chi connectivity index (χ2v) is 7.09. The summed E-state index contributed by atoms with van der Waals surface area (Å²) in [6, 6.07) is 14.1. The molecule has 3 aromatic rings. The zero-order valence-corrected chi connectivity index (χ0v) is 14.1. The first-order valence-corrected chi connectivity index (χ1v) is 7.89. The molecule has 1 heterocycles. The topological polar surface area (TPSA) is 34.9 Å². The molecule has 0 saturated heterocycles. The van der Waals surface area contributed by atoms with Crippen LogP contribution in [0, 0.1) is 0 Å². The molecule has 0 aliphatic heterocycles. The number of ketones is 1. The maximum absolute atomic E-state index is 12.6. The Bertz CT molecular complexity index is 869. The fourth-order valence-electron chi connectivity index (χ4n) is 2.77. The Morgan fingerprint density at radius 1 is 1.13 bits per heavy atom. The largest absolute Gasteiger partial charge is 0.294 e. The molecule has 0 fully saturated rings. The number of hydrogen-bond acceptors (Lipinski definition) is 2. The van der Waals surface area contributed by atoms with Gasteiger partial charge < -0.3 is 0 Å². The van der Waals surface area contributed by atoms with Crippen LogP contribution in [-0.2, 0) is 18.9 Å². The average molecular weight is 306 g/mol. The van der Waals surface area contributed by atoms with Gasteiger partial charge >= 0.3 is 0 Å². The molecule has 118 valence electrons. The van der Waals surface area contributed by atoms with E-state index in [9.17, 15) is 4.79 Å². The molecule has 3 rings (SSSR count). The van der Waals surface area contributed by atoms with E-state index in [0.717, 1.165) is 22.0 Å². The summed E-state index contributed by atoms with van der Waals surface area (Å²) in [6.45, 7) is 6.48. The Hall–Kier alpha value is -2.42. The molecule has 0 atom stereocenters. The number of nitrogens with zero attached hydrogens (tertiary/aromatic N) is 2. The van der Waals surface area contributed by atoms with Gasteiger partial charge in [-0.05, 0) is 34.7 Å². The summed E-state index contributed by atoms with van der Waals surface area (Å²) in [5, 5.41) is 5.32. The molecular formula is C20H22N2O. The molecular weight excluding hydrogens is 284 g/mol. The van der Waals surface area contributed by atoms with Crippen molar-refractivity contribution in [2.75, 3.05) is 0 Å². The monoisotopic (exact) mass is 306 g/mol. The zero-order valence-electron chi connectivity index (χ0n) is 14.1. The molecule has 0 N–H and O–H groups in total. The first-order valence-electron chi connectivity index (χ1n) is 7.89. The number of aryl methyl sites for hydroxylation is 1. The minimum Gasteiger partial charge on any atom is -0.294 e. The number of rotatable bonds is 3. The summed E-state index contributed by atoms with van der Waals surface area (Å²) in [7, 11) is 1.92. The van der Waals surface area contributed by atoms with E-state index in [0.29, 0.717) is 6.42 Å². The third-order valence-electron chi connectivity index (χ3n) is 4.23. The smallest absolute Gasteiger partial charge is 0.167 e. The van der Waals surface area contributed by atoms with Gasteiger partial charge in [-0.15, -0.1) is 0 Å². The fourth-order valence-corrected chi connectivity index (χ4v) is 2.77. The third kappa shape index (κ3) is 3.19. The van der Waals surface area contributed by atoms with Gasteiger partial charge in [-0.3, -0.25) is 9.48 Å². The van der Waals surface area contributed by atoms with Crippen molar-refractivity contribution < 1.29 is 4.79 Å². The number of Topliss-reactive ketones (excluding diaryl/α,β-unsaturated/α-hetero) is 1. The van der Waals surface area contributed by atoms with Crippen molar-refractivity contribution in [3.05, 3.63) is 65.4 Å². The minimum atomic E-state index is 0.0465. The van der Waals surface area contributed by atoms with E-state index in [-0.39, 0.29) is 11.2 Å². The van der Waals surface area contributed by atoms with Gasteiger partial charge in [-0.1, -0.05) is 45.0 Å². The van der Waals surface area contributed by atoms with Crippen LogP contribution in [0.3, 0.4) is 0 Å². The van der Waals surface area contributed by atoms with Crippen LogP contribution in [0.15, 0.2) is 48.7 Å². The van der Waals surface area contributed by atoms with Crippen molar-refractivity contribution in [2.24, 2.45) is 7.05 Å². The van der Waals surface area contributed by atoms with Gasteiger partial charge in [0.15, 0.2) is 5.78 Å². The normalized spacial score (nSPS) is 11.8. The maximum Gasteiger partial charge on any atom is 0.167 e. The van der Waals surface area contributed by atoms with E-state index in [2.05, 4.69) is 31.9 Å². The Morgan fingerprint density at radius 3 is 2.65 bits per heavy atom. The van der Waals surface area contributed by atoms with Crippen LogP contribution in [0.1, 0.15) is 42.3 Å². The third-order valence-corrected chi connectivity index (χ3v) is 4.23. The Kier molecular flexibility index (Phi) is 3.80. The predicted octanol–water partition coefficient (Wildman–Crippen LogP) is 4.30. The van der Waals surface area contributed by atoms with Crippen molar-refractivity contribution in [1.82, 2.24) is 9.78 Å². The number of carbonyl (C=O) groups is 1. The highest BCUT2D eigenvalue weighted by Gasteiger charge is 2.16. The number of hydrogen-bond donors (Lipinski definition) is 0. The van der Waals surface area contributed by atoms with Gasteiger partial charge in [-0.2, -0.15) is 5.10 Å². The zero-order chi connectivity index (χ0) is 16.6. The standard InChI is InChI=1S/C20H22N2O/c1-20(2,3)17-7-5-6-15(12-17)19(23)11-14-8-9-18-16(10-14)13-21-22(18)4/h5-10,12-13H,11H2,1-4H3. The SMILES string of the molecule is Cn1ncc2cc(CC(=O)c3cccc(C(C)(C)C)c3)ccc21. The summed E-state index contributed by atoms with van der Waals surface area (Å²) < 4.78 is 1.84. The predicted molar refractivity (Wildman–Crippen MR) is 93.9 cm³/mol. The van der Waals surface area contributed by atoms with E-state index in [1.807, 2.05) is 54.3 Å². The number of aromatic nitrogens is 2. The van der Waals surface area contributed by atoms with Crippen LogP contribution in [-0.4, -0.2) is 15.6 Å². The molecule has 3 nitrogen and oxygen atoms in total. The van der Waals surface area contributed by atoms with Crippen molar-refractivity contribution in [3.63, 3.8) is 0 Å². The summed E-state index contributed by atoms with van der Waals surface area (Å²) in [5.74, 6) is 0.152. The molecule has 0 radical (unpaired) electrons. The molecule has 3 heteroatoms. The van der Waals surface area contributed by atoms with E-state index < -0.39 is 0 Å². The lowest BCUT2D eigenvalue weighted by atomic mass is 9.85. The van der Waals surface area contributed by atoms with Gasteiger partial charge in [0.1, 0.15) is 0 Å². The van der Waals surface area contributed by atoms with Crippen LogP contribution in [0.2, 0.25) is 0 Å². The quantitative estimate of drug-likeness (QED) is 0.676.